The van der Waals surface area contributed by atoms with Gasteiger partial charge >= 0.3 is 0 Å². The van der Waals surface area contributed by atoms with Crippen LogP contribution in [0.2, 0.25) is 0 Å². The van der Waals surface area contributed by atoms with Crippen LogP contribution in [0, 0.1) is 0 Å². The second-order valence-electron chi connectivity index (χ2n) is 6.96. The van der Waals surface area contributed by atoms with Gasteiger partial charge in [-0.05, 0) is 63.8 Å². The van der Waals surface area contributed by atoms with E-state index in [9.17, 15) is 0 Å². The van der Waals surface area contributed by atoms with Crippen LogP contribution in [-0.4, -0.2) is 31.4 Å². The van der Waals surface area contributed by atoms with Crippen LogP contribution in [0.5, 0.6) is 5.75 Å². The molecule has 32 heavy (non-hydrogen) atoms. The van der Waals surface area contributed by atoms with Crippen LogP contribution in [0.1, 0.15) is 11.3 Å². The summed E-state index contributed by atoms with van der Waals surface area (Å²) in [5, 5.41) is 18.4. The first-order valence-corrected chi connectivity index (χ1v) is 10.1. The quantitative estimate of drug-likeness (QED) is 0.312. The zero-order valence-electron chi connectivity index (χ0n) is 17.0. The molecule has 156 valence electrons. The van der Waals surface area contributed by atoms with Gasteiger partial charge in [0.2, 0.25) is 0 Å². The fraction of sp³-hybridized carbons (Fsp3) is 0.0417. The molecule has 5 aromatic rings. The number of fused-ring (bicyclic) bond motifs is 1. The summed E-state index contributed by atoms with van der Waals surface area (Å²) < 4.78 is 7.39. The second kappa shape index (κ2) is 9.05. The molecule has 8 heteroatoms. The summed E-state index contributed by atoms with van der Waals surface area (Å²) >= 11 is 0. The van der Waals surface area contributed by atoms with Crippen LogP contribution in [0.25, 0.3) is 16.5 Å². The van der Waals surface area contributed by atoms with Crippen molar-refractivity contribution in [3.8, 4) is 11.4 Å². The largest absolute Gasteiger partial charge is 0.487 e. The summed E-state index contributed by atoms with van der Waals surface area (Å²) in [6, 6.07) is 27.5. The van der Waals surface area contributed by atoms with Crippen LogP contribution in [0.15, 0.2) is 96.2 Å². The molecule has 0 fully saturated rings. The van der Waals surface area contributed by atoms with Crippen molar-refractivity contribution in [2.24, 2.45) is 5.10 Å². The van der Waals surface area contributed by atoms with Gasteiger partial charge in [0.15, 0.2) is 0 Å². The SMILES string of the molecule is C(=N/Nc1nnnn1-c1cccc2ccccc12)/c1ccc(OCc2ccccn2)cc1. The molecule has 0 bridgehead atoms. The Kier molecular flexibility index (Phi) is 5.48. The third-order valence-corrected chi connectivity index (χ3v) is 4.84. The van der Waals surface area contributed by atoms with Gasteiger partial charge in [-0.1, -0.05) is 47.6 Å². The topological polar surface area (TPSA) is 90.1 Å². The summed E-state index contributed by atoms with van der Waals surface area (Å²) in [4.78, 5) is 4.25. The van der Waals surface area contributed by atoms with Crippen LogP contribution in [0.3, 0.4) is 0 Å². The lowest BCUT2D eigenvalue weighted by Gasteiger charge is -2.07. The molecule has 1 N–H and O–H groups in total. The number of aromatic nitrogens is 5. The lowest BCUT2D eigenvalue weighted by molar-refractivity contribution is 0.301. The van der Waals surface area contributed by atoms with Gasteiger partial charge in [0.1, 0.15) is 12.4 Å². The Bertz CT molecular complexity index is 1340. The number of rotatable bonds is 7. The third kappa shape index (κ3) is 4.29. The fourth-order valence-corrected chi connectivity index (χ4v) is 3.27. The van der Waals surface area contributed by atoms with E-state index >= 15 is 0 Å². The van der Waals surface area contributed by atoms with Gasteiger partial charge < -0.3 is 4.74 Å². The molecule has 0 aliphatic heterocycles. The predicted molar refractivity (Wildman–Crippen MR) is 123 cm³/mol. The molecular weight excluding hydrogens is 402 g/mol. The number of benzene rings is 3. The van der Waals surface area contributed by atoms with Crippen molar-refractivity contribution >= 4 is 22.9 Å². The fourth-order valence-electron chi connectivity index (χ4n) is 3.27. The Morgan fingerprint density at radius 1 is 0.906 bits per heavy atom. The van der Waals surface area contributed by atoms with E-state index in [2.05, 4.69) is 43.2 Å². The van der Waals surface area contributed by atoms with Gasteiger partial charge in [-0.15, -0.1) is 0 Å². The van der Waals surface area contributed by atoms with Crippen LogP contribution >= 0.6 is 0 Å². The maximum Gasteiger partial charge on any atom is 0.268 e. The molecule has 0 saturated heterocycles. The molecule has 5 rings (SSSR count). The first-order valence-electron chi connectivity index (χ1n) is 10.1. The van der Waals surface area contributed by atoms with Crippen LogP contribution in [-0.2, 0) is 6.61 Å². The summed E-state index contributed by atoms with van der Waals surface area (Å²) in [6.45, 7) is 0.423. The predicted octanol–water partition coefficient (Wildman–Crippen LogP) is 4.24. The first-order chi connectivity index (χ1) is 15.9. The van der Waals surface area contributed by atoms with Gasteiger partial charge in [-0.3, -0.25) is 4.98 Å². The average molecular weight is 421 g/mol. The third-order valence-electron chi connectivity index (χ3n) is 4.84. The molecular formula is C24H19N7O. The minimum atomic E-state index is 0.423. The lowest BCUT2D eigenvalue weighted by Crippen LogP contribution is -2.04. The van der Waals surface area contributed by atoms with Crippen LogP contribution < -0.4 is 10.2 Å². The minimum Gasteiger partial charge on any atom is -0.487 e. The molecule has 3 aromatic carbocycles. The Balaban J connectivity index is 1.26. The number of nitrogens with zero attached hydrogens (tertiary/aromatic N) is 6. The van der Waals surface area contributed by atoms with Crippen molar-refractivity contribution < 1.29 is 4.74 Å². The molecule has 0 amide bonds. The Morgan fingerprint density at radius 2 is 1.75 bits per heavy atom. The molecule has 2 heterocycles. The molecule has 0 unspecified atom stereocenters. The number of tetrazole rings is 1. The van der Waals surface area contributed by atoms with Crippen molar-refractivity contribution in [3.05, 3.63) is 102 Å². The van der Waals surface area contributed by atoms with Crippen molar-refractivity contribution in [2.75, 3.05) is 5.43 Å². The highest BCUT2D eigenvalue weighted by atomic mass is 16.5. The summed E-state index contributed by atoms with van der Waals surface area (Å²) in [7, 11) is 0. The molecule has 0 radical (unpaired) electrons. The van der Waals surface area contributed by atoms with E-state index < -0.39 is 0 Å². The number of hydrazone groups is 1. The Morgan fingerprint density at radius 3 is 2.62 bits per heavy atom. The number of nitrogens with one attached hydrogen (secondary N) is 1. The molecule has 0 spiro atoms. The van der Waals surface area contributed by atoms with Gasteiger partial charge in [0.25, 0.3) is 5.95 Å². The maximum absolute atomic E-state index is 5.76. The van der Waals surface area contributed by atoms with E-state index in [0.29, 0.717) is 12.6 Å². The summed E-state index contributed by atoms with van der Waals surface area (Å²) in [6.07, 6.45) is 3.45. The molecule has 0 aliphatic rings. The monoisotopic (exact) mass is 421 g/mol. The standard InChI is InChI=1S/C24H19N7O/c1-2-9-22-19(6-1)7-5-10-23(22)31-24(28-29-30-31)27-26-16-18-11-13-21(14-12-18)32-17-20-8-3-4-15-25-20/h1-16H,17H2,(H,27,28,30)/b26-16-. The van der Waals surface area contributed by atoms with Gasteiger partial charge in [-0.2, -0.15) is 9.78 Å². The maximum atomic E-state index is 5.76. The minimum absolute atomic E-state index is 0.423. The second-order valence-corrected chi connectivity index (χ2v) is 6.96. The highest BCUT2D eigenvalue weighted by molar-refractivity contribution is 5.90. The van der Waals surface area contributed by atoms with Crippen molar-refractivity contribution in [3.63, 3.8) is 0 Å². The van der Waals surface area contributed by atoms with E-state index in [1.54, 1.807) is 17.1 Å². The van der Waals surface area contributed by atoms with Gasteiger partial charge in [0, 0.05) is 11.6 Å². The molecule has 8 nitrogen and oxygen atoms in total. The highest BCUT2D eigenvalue weighted by Crippen LogP contribution is 2.23. The highest BCUT2D eigenvalue weighted by Gasteiger charge is 2.10. The molecule has 0 atom stereocenters. The first kappa shape index (κ1) is 19.4. The number of anilines is 1. The summed E-state index contributed by atoms with van der Waals surface area (Å²) in [5.41, 5.74) is 5.59. The number of pyridine rings is 1. The van der Waals surface area contributed by atoms with E-state index in [1.165, 1.54) is 0 Å². The van der Waals surface area contributed by atoms with E-state index in [0.717, 1.165) is 33.5 Å². The number of ether oxygens (including phenoxy) is 1. The van der Waals surface area contributed by atoms with Crippen molar-refractivity contribution in [2.45, 2.75) is 6.61 Å². The smallest absolute Gasteiger partial charge is 0.268 e. The van der Waals surface area contributed by atoms with E-state index in [1.807, 2.05) is 72.8 Å². The van der Waals surface area contributed by atoms with Gasteiger partial charge in [0.05, 0.1) is 17.6 Å². The molecule has 2 aromatic heterocycles. The summed E-state index contributed by atoms with van der Waals surface area (Å²) in [5.74, 6) is 1.19. The zero-order valence-corrected chi connectivity index (χ0v) is 17.0. The van der Waals surface area contributed by atoms with Crippen molar-refractivity contribution in [1.82, 2.24) is 25.2 Å². The van der Waals surface area contributed by atoms with E-state index in [4.69, 9.17) is 4.74 Å². The average Bonchev–Trinajstić information content (AvgIpc) is 3.32. The Labute approximate surface area is 184 Å². The molecule has 0 saturated carbocycles. The van der Waals surface area contributed by atoms with Crippen LogP contribution in [0.4, 0.5) is 5.95 Å². The number of hydrogen-bond donors (Lipinski definition) is 1. The zero-order chi connectivity index (χ0) is 21.6. The van der Waals surface area contributed by atoms with E-state index in [-0.39, 0.29) is 0 Å². The number of hydrogen-bond acceptors (Lipinski definition) is 7. The van der Waals surface area contributed by atoms with Gasteiger partial charge in [-0.25, -0.2) is 5.43 Å². The van der Waals surface area contributed by atoms with Crippen molar-refractivity contribution in [1.29, 1.82) is 0 Å². The lowest BCUT2D eigenvalue weighted by atomic mass is 10.1. The molecule has 0 aliphatic carbocycles. The normalized spacial score (nSPS) is 11.1. The Hall–Kier alpha value is -4.59.